The molecule has 1 amide bonds. The number of carbonyl (C=O) groups is 1. The van der Waals surface area contributed by atoms with E-state index in [2.05, 4.69) is 20.6 Å². The van der Waals surface area contributed by atoms with E-state index in [0.717, 1.165) is 5.56 Å². The van der Waals surface area contributed by atoms with Crippen LogP contribution < -0.4 is 10.6 Å². The van der Waals surface area contributed by atoms with Crippen LogP contribution in [-0.4, -0.2) is 15.9 Å². The van der Waals surface area contributed by atoms with Crippen molar-refractivity contribution in [2.45, 2.75) is 6.54 Å². The van der Waals surface area contributed by atoms with Gasteiger partial charge < -0.3 is 10.6 Å². The summed E-state index contributed by atoms with van der Waals surface area (Å²) in [4.78, 5) is 20.5. The quantitative estimate of drug-likeness (QED) is 0.683. The second-order valence-corrected chi connectivity index (χ2v) is 6.06. The third kappa shape index (κ3) is 4.68. The predicted molar refractivity (Wildman–Crippen MR) is 100 cm³/mol. The summed E-state index contributed by atoms with van der Waals surface area (Å²) in [6.07, 6.45) is 4.97. The van der Waals surface area contributed by atoms with Crippen LogP contribution in [0.3, 0.4) is 0 Å². The van der Waals surface area contributed by atoms with Gasteiger partial charge in [0.05, 0.1) is 16.3 Å². The second kappa shape index (κ2) is 7.96. The highest BCUT2D eigenvalue weighted by Gasteiger charge is 2.09. The molecule has 25 heavy (non-hydrogen) atoms. The number of halogens is 2. The zero-order valence-electron chi connectivity index (χ0n) is 13.0. The maximum atomic E-state index is 12.3. The topological polar surface area (TPSA) is 66.9 Å². The van der Waals surface area contributed by atoms with Crippen LogP contribution in [0, 0.1) is 0 Å². The number of hydrogen-bond donors (Lipinski definition) is 2. The zero-order valence-corrected chi connectivity index (χ0v) is 14.6. The third-order valence-electron chi connectivity index (χ3n) is 3.43. The molecule has 5 nitrogen and oxygen atoms in total. The number of aromatic nitrogens is 2. The molecule has 3 rings (SSSR count). The SMILES string of the molecule is O=C(Nc1cc(Cl)ccc1Cl)c1ccc(NCc2ccncc2)nc1. The van der Waals surface area contributed by atoms with E-state index >= 15 is 0 Å². The molecule has 0 aliphatic rings. The fourth-order valence-electron chi connectivity index (χ4n) is 2.11. The molecule has 0 aliphatic heterocycles. The van der Waals surface area contributed by atoms with Gasteiger partial charge in [-0.3, -0.25) is 9.78 Å². The minimum Gasteiger partial charge on any atom is -0.366 e. The highest BCUT2D eigenvalue weighted by molar-refractivity contribution is 6.35. The molecular formula is C18H14Cl2N4O. The van der Waals surface area contributed by atoms with Crippen LogP contribution in [-0.2, 0) is 6.54 Å². The Labute approximate surface area is 155 Å². The summed E-state index contributed by atoms with van der Waals surface area (Å²) in [7, 11) is 0. The maximum Gasteiger partial charge on any atom is 0.257 e. The molecule has 3 aromatic rings. The van der Waals surface area contributed by atoms with E-state index < -0.39 is 0 Å². The number of hydrogen-bond acceptors (Lipinski definition) is 4. The van der Waals surface area contributed by atoms with Crippen LogP contribution in [0.25, 0.3) is 0 Å². The van der Waals surface area contributed by atoms with Crippen LogP contribution in [0.1, 0.15) is 15.9 Å². The molecule has 0 unspecified atom stereocenters. The van der Waals surface area contributed by atoms with Crippen molar-refractivity contribution in [1.82, 2.24) is 9.97 Å². The van der Waals surface area contributed by atoms with Crippen molar-refractivity contribution in [2.24, 2.45) is 0 Å². The molecule has 7 heteroatoms. The number of pyridine rings is 2. The highest BCUT2D eigenvalue weighted by Crippen LogP contribution is 2.25. The Hall–Kier alpha value is -2.63. The standard InChI is InChI=1S/C18H14Cl2N4O/c19-14-2-3-15(20)16(9-14)24-18(25)13-1-4-17(23-11-13)22-10-12-5-7-21-8-6-12/h1-9,11H,10H2,(H,22,23)(H,24,25). The Bertz CT molecular complexity index is 870. The first-order valence-electron chi connectivity index (χ1n) is 7.47. The fourth-order valence-corrected chi connectivity index (χ4v) is 2.45. The van der Waals surface area contributed by atoms with Crippen molar-refractivity contribution < 1.29 is 4.79 Å². The molecule has 0 aliphatic carbocycles. The molecule has 126 valence electrons. The van der Waals surface area contributed by atoms with Crippen LogP contribution >= 0.6 is 23.2 Å². The van der Waals surface area contributed by atoms with Crippen LogP contribution in [0.15, 0.2) is 61.1 Å². The Kier molecular flexibility index (Phi) is 5.48. The minimum atomic E-state index is -0.308. The van der Waals surface area contributed by atoms with E-state index in [1.807, 2.05) is 12.1 Å². The van der Waals surface area contributed by atoms with Crippen molar-refractivity contribution in [3.63, 3.8) is 0 Å². The largest absolute Gasteiger partial charge is 0.366 e. The van der Waals surface area contributed by atoms with Gasteiger partial charge in [-0.05, 0) is 48.0 Å². The van der Waals surface area contributed by atoms with Gasteiger partial charge in [0.15, 0.2) is 0 Å². The Morgan fingerprint density at radius 1 is 1.04 bits per heavy atom. The summed E-state index contributed by atoms with van der Waals surface area (Å²) in [5.41, 5.74) is 1.97. The van der Waals surface area contributed by atoms with Gasteiger partial charge >= 0.3 is 0 Å². The number of nitrogens with zero attached hydrogens (tertiary/aromatic N) is 2. The lowest BCUT2D eigenvalue weighted by atomic mass is 10.2. The average molecular weight is 373 g/mol. The molecule has 0 fully saturated rings. The molecule has 0 atom stereocenters. The first kappa shape index (κ1) is 17.2. The average Bonchev–Trinajstić information content (AvgIpc) is 2.64. The van der Waals surface area contributed by atoms with Gasteiger partial charge in [-0.25, -0.2) is 4.98 Å². The summed E-state index contributed by atoms with van der Waals surface area (Å²) in [5, 5.41) is 6.82. The van der Waals surface area contributed by atoms with E-state index in [1.165, 1.54) is 6.20 Å². The second-order valence-electron chi connectivity index (χ2n) is 5.22. The van der Waals surface area contributed by atoms with Crippen LogP contribution in [0.4, 0.5) is 11.5 Å². The van der Waals surface area contributed by atoms with Gasteiger partial charge in [0.1, 0.15) is 5.82 Å². The Balaban J connectivity index is 1.63. The summed E-state index contributed by atoms with van der Waals surface area (Å²) < 4.78 is 0. The summed E-state index contributed by atoms with van der Waals surface area (Å²) >= 11 is 12.0. The molecule has 0 saturated carbocycles. The highest BCUT2D eigenvalue weighted by atomic mass is 35.5. The molecule has 0 bridgehead atoms. The predicted octanol–water partition coefficient (Wildman–Crippen LogP) is 4.65. The molecule has 2 heterocycles. The lowest BCUT2D eigenvalue weighted by Crippen LogP contribution is -2.13. The summed E-state index contributed by atoms with van der Waals surface area (Å²) in [6.45, 7) is 0.624. The van der Waals surface area contributed by atoms with E-state index in [1.54, 1.807) is 42.7 Å². The van der Waals surface area contributed by atoms with Gasteiger partial charge in [-0.1, -0.05) is 23.2 Å². The minimum absolute atomic E-state index is 0.308. The maximum absolute atomic E-state index is 12.3. The van der Waals surface area contributed by atoms with Crippen LogP contribution in [0.2, 0.25) is 10.0 Å². The molecule has 0 saturated heterocycles. The normalized spacial score (nSPS) is 10.3. The Morgan fingerprint density at radius 3 is 2.56 bits per heavy atom. The summed E-state index contributed by atoms with van der Waals surface area (Å²) in [5.74, 6) is 0.367. The van der Waals surface area contributed by atoms with E-state index in [-0.39, 0.29) is 5.91 Å². The Morgan fingerprint density at radius 2 is 1.84 bits per heavy atom. The number of rotatable bonds is 5. The van der Waals surface area contributed by atoms with Crippen molar-refractivity contribution in [3.8, 4) is 0 Å². The fraction of sp³-hybridized carbons (Fsp3) is 0.0556. The number of nitrogens with one attached hydrogen (secondary N) is 2. The molecular weight excluding hydrogens is 359 g/mol. The van der Waals surface area contributed by atoms with Crippen molar-refractivity contribution >= 4 is 40.6 Å². The van der Waals surface area contributed by atoms with E-state index in [4.69, 9.17) is 23.2 Å². The molecule has 2 aromatic heterocycles. The van der Waals surface area contributed by atoms with Crippen molar-refractivity contribution in [3.05, 3.63) is 82.2 Å². The number of amides is 1. The molecule has 0 radical (unpaired) electrons. The summed E-state index contributed by atoms with van der Waals surface area (Å²) in [6, 6.07) is 12.2. The van der Waals surface area contributed by atoms with Gasteiger partial charge in [0.25, 0.3) is 5.91 Å². The zero-order chi connectivity index (χ0) is 17.6. The van der Waals surface area contributed by atoms with Gasteiger partial charge in [0.2, 0.25) is 0 Å². The smallest absolute Gasteiger partial charge is 0.257 e. The monoisotopic (exact) mass is 372 g/mol. The van der Waals surface area contributed by atoms with Crippen molar-refractivity contribution in [2.75, 3.05) is 10.6 Å². The molecule has 2 N–H and O–H groups in total. The van der Waals surface area contributed by atoms with Crippen LogP contribution in [0.5, 0.6) is 0 Å². The van der Waals surface area contributed by atoms with E-state index in [0.29, 0.717) is 33.7 Å². The van der Waals surface area contributed by atoms with E-state index in [9.17, 15) is 4.79 Å². The third-order valence-corrected chi connectivity index (χ3v) is 3.99. The number of carbonyl (C=O) groups excluding carboxylic acids is 1. The van der Waals surface area contributed by atoms with Crippen molar-refractivity contribution in [1.29, 1.82) is 0 Å². The first-order chi connectivity index (χ1) is 12.1. The lowest BCUT2D eigenvalue weighted by molar-refractivity contribution is 0.102. The number of anilines is 2. The van der Waals surface area contributed by atoms with Gasteiger partial charge in [-0.2, -0.15) is 0 Å². The lowest BCUT2D eigenvalue weighted by Gasteiger charge is -2.09. The number of benzene rings is 1. The van der Waals surface area contributed by atoms with Gasteiger partial charge in [-0.15, -0.1) is 0 Å². The first-order valence-corrected chi connectivity index (χ1v) is 8.22. The van der Waals surface area contributed by atoms with Gasteiger partial charge in [0, 0.05) is 30.2 Å². The molecule has 1 aromatic carbocycles. The molecule has 0 spiro atoms.